The minimum absolute atomic E-state index is 0.875. The highest BCUT2D eigenvalue weighted by atomic mass is 14.3. The van der Waals surface area contributed by atoms with Gasteiger partial charge in [0.1, 0.15) is 0 Å². The fraction of sp³-hybridized carbons (Fsp3) is 0.409. The lowest BCUT2D eigenvalue weighted by atomic mass is 9.95. The van der Waals surface area contributed by atoms with Gasteiger partial charge in [0.2, 0.25) is 0 Å². The molecule has 1 heteroatoms. The predicted molar refractivity (Wildman–Crippen MR) is 96.5 cm³/mol. The fourth-order valence-corrected chi connectivity index (χ4v) is 3.64. The Bertz CT molecular complexity index is 721. The molecule has 1 aliphatic rings. The first-order valence-electron chi connectivity index (χ1n) is 8.97. The van der Waals surface area contributed by atoms with E-state index in [1.54, 1.807) is 0 Å². The Kier molecular flexibility index (Phi) is 5.13. The van der Waals surface area contributed by atoms with E-state index in [2.05, 4.69) is 49.4 Å². The second-order valence-corrected chi connectivity index (χ2v) is 6.63. The molecule has 0 heterocycles. The van der Waals surface area contributed by atoms with E-state index in [9.17, 15) is 5.26 Å². The van der Waals surface area contributed by atoms with E-state index in [4.69, 9.17) is 0 Å². The van der Waals surface area contributed by atoms with Crippen LogP contribution in [0.4, 0.5) is 0 Å². The summed E-state index contributed by atoms with van der Waals surface area (Å²) in [5.74, 6) is 0. The topological polar surface area (TPSA) is 23.8 Å². The molecule has 0 saturated carbocycles. The summed E-state index contributed by atoms with van der Waals surface area (Å²) in [6, 6.07) is 15.4. The van der Waals surface area contributed by atoms with Crippen molar-refractivity contribution in [3.63, 3.8) is 0 Å². The third kappa shape index (κ3) is 3.48. The number of hydrogen-bond donors (Lipinski definition) is 0. The number of benzene rings is 2. The molecule has 1 aliphatic carbocycles. The van der Waals surface area contributed by atoms with Crippen LogP contribution in [0.25, 0.3) is 11.1 Å². The summed E-state index contributed by atoms with van der Waals surface area (Å²) in [5, 5.41) is 9.52. The normalized spacial score (nSPS) is 11.8. The monoisotopic (exact) mass is 303 g/mol. The smallest absolute Gasteiger partial charge is 0.0994 e. The van der Waals surface area contributed by atoms with Crippen LogP contribution in [-0.2, 0) is 12.8 Å². The van der Waals surface area contributed by atoms with Crippen molar-refractivity contribution in [1.29, 1.82) is 5.26 Å². The van der Waals surface area contributed by atoms with E-state index >= 15 is 0 Å². The van der Waals surface area contributed by atoms with Crippen molar-refractivity contribution in [1.82, 2.24) is 0 Å². The van der Waals surface area contributed by atoms with Crippen molar-refractivity contribution in [2.45, 2.75) is 58.3 Å². The molecule has 0 amide bonds. The summed E-state index contributed by atoms with van der Waals surface area (Å²) in [6.07, 6.45) is 9.89. The van der Waals surface area contributed by atoms with Crippen LogP contribution in [-0.4, -0.2) is 0 Å². The summed E-state index contributed by atoms with van der Waals surface area (Å²) >= 11 is 0. The molecule has 0 aliphatic heterocycles. The van der Waals surface area contributed by atoms with Gasteiger partial charge in [-0.1, -0.05) is 69.4 Å². The molecule has 2 aromatic rings. The average molecular weight is 303 g/mol. The number of aryl methyl sites for hydroxylation is 1. The number of unbranched alkanes of at least 4 members (excludes halogenated alkanes) is 5. The van der Waals surface area contributed by atoms with E-state index in [1.807, 2.05) is 0 Å². The third-order valence-corrected chi connectivity index (χ3v) is 4.92. The molecule has 0 atom stereocenters. The highest BCUT2D eigenvalue weighted by molar-refractivity contribution is 5.79. The van der Waals surface area contributed by atoms with Gasteiger partial charge in [-0.2, -0.15) is 5.26 Å². The molecule has 2 aromatic carbocycles. The Balaban J connectivity index is 1.73. The molecular weight excluding hydrogens is 278 g/mol. The molecule has 0 radical (unpaired) electrons. The van der Waals surface area contributed by atoms with Gasteiger partial charge < -0.3 is 0 Å². The zero-order valence-corrected chi connectivity index (χ0v) is 14.1. The zero-order chi connectivity index (χ0) is 16.1. The van der Waals surface area contributed by atoms with Crippen LogP contribution >= 0.6 is 0 Å². The summed E-state index contributed by atoms with van der Waals surface area (Å²) < 4.78 is 0. The minimum atomic E-state index is 0.875. The van der Waals surface area contributed by atoms with Crippen molar-refractivity contribution in [2.24, 2.45) is 0 Å². The second-order valence-electron chi connectivity index (χ2n) is 6.63. The number of fused-ring (bicyclic) bond motifs is 3. The lowest BCUT2D eigenvalue weighted by Gasteiger charge is -2.08. The lowest BCUT2D eigenvalue weighted by molar-refractivity contribution is 0.607. The maximum atomic E-state index is 9.52. The Morgan fingerprint density at radius 1 is 0.957 bits per heavy atom. The molecule has 0 bridgehead atoms. The van der Waals surface area contributed by atoms with E-state index < -0.39 is 0 Å². The highest BCUT2D eigenvalue weighted by Crippen LogP contribution is 2.39. The van der Waals surface area contributed by atoms with E-state index in [0.717, 1.165) is 18.4 Å². The van der Waals surface area contributed by atoms with Crippen molar-refractivity contribution in [3.05, 3.63) is 58.7 Å². The Labute approximate surface area is 140 Å². The van der Waals surface area contributed by atoms with Gasteiger partial charge >= 0.3 is 0 Å². The van der Waals surface area contributed by atoms with Crippen LogP contribution in [0.15, 0.2) is 36.4 Å². The largest absolute Gasteiger partial charge is 0.192 e. The average Bonchev–Trinajstić information content (AvgIpc) is 2.96. The quantitative estimate of drug-likeness (QED) is 0.489. The van der Waals surface area contributed by atoms with Gasteiger partial charge in [-0.3, -0.25) is 0 Å². The first-order chi connectivity index (χ1) is 11.3. The predicted octanol–water partition coefficient (Wildman–Crippen LogP) is 6.03. The molecule has 1 nitrogen and oxygen atoms in total. The van der Waals surface area contributed by atoms with Crippen molar-refractivity contribution < 1.29 is 0 Å². The molecule has 0 spiro atoms. The molecule has 23 heavy (non-hydrogen) atoms. The Morgan fingerprint density at radius 3 is 2.57 bits per heavy atom. The van der Waals surface area contributed by atoms with Crippen LogP contribution < -0.4 is 0 Å². The minimum Gasteiger partial charge on any atom is -0.192 e. The molecule has 0 unspecified atom stereocenters. The first kappa shape index (κ1) is 15.8. The third-order valence-electron chi connectivity index (χ3n) is 4.92. The van der Waals surface area contributed by atoms with E-state index in [-0.39, 0.29) is 0 Å². The van der Waals surface area contributed by atoms with Crippen molar-refractivity contribution >= 4 is 0 Å². The maximum absolute atomic E-state index is 9.52. The van der Waals surface area contributed by atoms with E-state index in [0.29, 0.717) is 0 Å². The SMILES string of the molecule is CCCCCCCCc1cc(C#N)c2c(c1)-c1ccccc1C2. The second kappa shape index (κ2) is 7.47. The van der Waals surface area contributed by atoms with Crippen LogP contribution in [0.5, 0.6) is 0 Å². The van der Waals surface area contributed by atoms with Crippen LogP contribution in [0.3, 0.4) is 0 Å². The molecule has 3 rings (SSSR count). The van der Waals surface area contributed by atoms with Crippen LogP contribution in [0.1, 0.15) is 67.7 Å². The number of rotatable bonds is 7. The van der Waals surface area contributed by atoms with Gasteiger partial charge in [0.05, 0.1) is 11.6 Å². The molecule has 118 valence electrons. The van der Waals surface area contributed by atoms with Gasteiger partial charge in [0, 0.05) is 0 Å². The van der Waals surface area contributed by atoms with Gasteiger partial charge in [-0.25, -0.2) is 0 Å². The van der Waals surface area contributed by atoms with Gasteiger partial charge in [-0.15, -0.1) is 0 Å². The standard InChI is InChI=1S/C22H25N/c1-2-3-4-5-6-7-10-17-13-19(16-23)21-15-18-11-8-9-12-20(18)22(21)14-17/h8-9,11-14H,2-7,10,15H2,1H3. The van der Waals surface area contributed by atoms with E-state index in [1.165, 1.54) is 66.3 Å². The number of hydrogen-bond acceptors (Lipinski definition) is 1. The summed E-state index contributed by atoms with van der Waals surface area (Å²) in [4.78, 5) is 0. The Morgan fingerprint density at radius 2 is 1.74 bits per heavy atom. The van der Waals surface area contributed by atoms with Crippen molar-refractivity contribution in [2.75, 3.05) is 0 Å². The van der Waals surface area contributed by atoms with Crippen molar-refractivity contribution in [3.8, 4) is 17.2 Å². The first-order valence-corrected chi connectivity index (χ1v) is 8.97. The summed E-state index contributed by atoms with van der Waals surface area (Å²) in [5.41, 5.74) is 7.40. The zero-order valence-electron chi connectivity index (χ0n) is 14.1. The lowest BCUT2D eigenvalue weighted by Crippen LogP contribution is -1.93. The molecule has 0 aromatic heterocycles. The van der Waals surface area contributed by atoms with Gasteiger partial charge in [0.15, 0.2) is 0 Å². The van der Waals surface area contributed by atoms with Crippen LogP contribution in [0, 0.1) is 11.3 Å². The number of nitrogens with zero attached hydrogens (tertiary/aromatic N) is 1. The Hall–Kier alpha value is -2.07. The summed E-state index contributed by atoms with van der Waals surface area (Å²) in [6.45, 7) is 2.26. The molecule has 0 saturated heterocycles. The maximum Gasteiger partial charge on any atom is 0.0994 e. The highest BCUT2D eigenvalue weighted by Gasteiger charge is 2.21. The fourth-order valence-electron chi connectivity index (χ4n) is 3.64. The molecular formula is C22H25N. The molecule has 0 fully saturated rings. The van der Waals surface area contributed by atoms with Gasteiger partial charge in [-0.05, 0) is 53.1 Å². The number of nitriles is 1. The molecule has 0 N–H and O–H groups in total. The van der Waals surface area contributed by atoms with Crippen LogP contribution in [0.2, 0.25) is 0 Å². The summed E-state index contributed by atoms with van der Waals surface area (Å²) in [7, 11) is 0. The van der Waals surface area contributed by atoms with Gasteiger partial charge in [0.25, 0.3) is 0 Å².